The van der Waals surface area contributed by atoms with Gasteiger partial charge >= 0.3 is 0 Å². The summed E-state index contributed by atoms with van der Waals surface area (Å²) in [7, 11) is -3.39. The number of piperidine rings is 1. The highest BCUT2D eigenvalue weighted by Crippen LogP contribution is 2.27. The first kappa shape index (κ1) is 18.9. The molecular weight excluding hydrogens is 370 g/mol. The van der Waals surface area contributed by atoms with E-state index in [-0.39, 0.29) is 0 Å². The fourth-order valence-corrected chi connectivity index (χ4v) is 5.33. The van der Waals surface area contributed by atoms with Crippen LogP contribution in [0.25, 0.3) is 11.4 Å². The number of imidazole rings is 1. The van der Waals surface area contributed by atoms with Crippen LogP contribution in [-0.4, -0.2) is 35.4 Å². The quantitative estimate of drug-likeness (QED) is 0.657. The first-order chi connectivity index (χ1) is 13.6. The molecule has 1 aromatic heterocycles. The van der Waals surface area contributed by atoms with Crippen molar-refractivity contribution in [3.8, 4) is 11.4 Å². The van der Waals surface area contributed by atoms with Gasteiger partial charge < -0.3 is 4.57 Å². The van der Waals surface area contributed by atoms with Gasteiger partial charge in [0.1, 0.15) is 5.82 Å². The van der Waals surface area contributed by atoms with Crippen LogP contribution in [-0.2, 0) is 16.6 Å². The summed E-state index contributed by atoms with van der Waals surface area (Å²) in [4.78, 5) is 4.98. The van der Waals surface area contributed by atoms with Crippen molar-refractivity contribution in [2.24, 2.45) is 5.92 Å². The molecule has 4 rings (SSSR count). The van der Waals surface area contributed by atoms with Crippen LogP contribution >= 0.6 is 0 Å². The van der Waals surface area contributed by atoms with E-state index in [0.29, 0.717) is 23.9 Å². The van der Waals surface area contributed by atoms with Crippen LogP contribution in [0, 0.1) is 12.8 Å². The molecule has 1 saturated heterocycles. The Hall–Kier alpha value is -2.44. The molecule has 5 nitrogen and oxygen atoms in total. The molecule has 1 aliphatic rings. The highest BCUT2D eigenvalue weighted by atomic mass is 32.2. The minimum Gasteiger partial charge on any atom is -0.328 e. The van der Waals surface area contributed by atoms with Gasteiger partial charge in [0.05, 0.1) is 4.90 Å². The molecule has 6 heteroatoms. The second kappa shape index (κ2) is 7.89. The summed E-state index contributed by atoms with van der Waals surface area (Å²) in [6.45, 7) is 4.08. The largest absolute Gasteiger partial charge is 0.328 e. The number of nitrogens with zero attached hydrogens (tertiary/aromatic N) is 3. The van der Waals surface area contributed by atoms with Gasteiger partial charge in [-0.2, -0.15) is 4.31 Å². The molecule has 0 saturated carbocycles. The molecule has 2 heterocycles. The average molecular weight is 396 g/mol. The van der Waals surface area contributed by atoms with Crippen molar-refractivity contribution in [1.82, 2.24) is 13.9 Å². The topological polar surface area (TPSA) is 55.2 Å². The van der Waals surface area contributed by atoms with Crippen molar-refractivity contribution in [3.63, 3.8) is 0 Å². The summed E-state index contributed by atoms with van der Waals surface area (Å²) in [6.07, 6.45) is 3.63. The molecule has 0 unspecified atom stereocenters. The third-order valence-electron chi connectivity index (χ3n) is 5.48. The number of benzene rings is 2. The number of aromatic nitrogens is 2. The van der Waals surface area contributed by atoms with E-state index in [2.05, 4.69) is 28.6 Å². The summed E-state index contributed by atoms with van der Waals surface area (Å²) < 4.78 is 29.5. The van der Waals surface area contributed by atoms with Gasteiger partial charge in [-0.05, 0) is 37.8 Å². The normalized spacial score (nSPS) is 16.3. The molecule has 0 bridgehead atoms. The Kier molecular flexibility index (Phi) is 5.33. The zero-order valence-electron chi connectivity index (χ0n) is 16.0. The number of hydrogen-bond acceptors (Lipinski definition) is 3. The summed E-state index contributed by atoms with van der Waals surface area (Å²) in [5.41, 5.74) is 2.25. The number of sulfonamides is 1. The van der Waals surface area contributed by atoms with Gasteiger partial charge in [-0.3, -0.25) is 0 Å². The van der Waals surface area contributed by atoms with E-state index in [0.717, 1.165) is 36.5 Å². The minimum atomic E-state index is -3.39. The SMILES string of the molecule is Cc1cnc(-c2ccccc2)n1CC1CCN(S(=O)(=O)c2ccccc2)CC1. The van der Waals surface area contributed by atoms with E-state index in [4.69, 9.17) is 0 Å². The van der Waals surface area contributed by atoms with Crippen LogP contribution < -0.4 is 0 Å². The highest BCUT2D eigenvalue weighted by molar-refractivity contribution is 7.89. The van der Waals surface area contributed by atoms with Crippen molar-refractivity contribution < 1.29 is 8.42 Å². The second-order valence-electron chi connectivity index (χ2n) is 7.36. The van der Waals surface area contributed by atoms with Crippen LogP contribution in [0.3, 0.4) is 0 Å². The molecule has 0 amide bonds. The molecule has 2 aromatic carbocycles. The average Bonchev–Trinajstić information content (AvgIpc) is 3.10. The minimum absolute atomic E-state index is 0.380. The molecule has 0 radical (unpaired) electrons. The smallest absolute Gasteiger partial charge is 0.243 e. The predicted octanol–water partition coefficient (Wildman–Crippen LogP) is 3.96. The van der Waals surface area contributed by atoms with Crippen molar-refractivity contribution in [3.05, 3.63) is 72.6 Å². The Bertz CT molecular complexity index is 1020. The van der Waals surface area contributed by atoms with Gasteiger partial charge in [0.2, 0.25) is 10.0 Å². The molecule has 146 valence electrons. The molecule has 0 N–H and O–H groups in total. The lowest BCUT2D eigenvalue weighted by Crippen LogP contribution is -2.39. The first-order valence-electron chi connectivity index (χ1n) is 9.68. The zero-order chi connectivity index (χ0) is 19.6. The van der Waals surface area contributed by atoms with Crippen molar-refractivity contribution in [2.75, 3.05) is 13.1 Å². The van der Waals surface area contributed by atoms with Gasteiger partial charge in [0.25, 0.3) is 0 Å². The fraction of sp³-hybridized carbons (Fsp3) is 0.318. The first-order valence-corrected chi connectivity index (χ1v) is 11.1. The van der Waals surface area contributed by atoms with Crippen molar-refractivity contribution in [2.45, 2.75) is 31.2 Å². The van der Waals surface area contributed by atoms with Crippen LogP contribution in [0.15, 0.2) is 71.8 Å². The van der Waals surface area contributed by atoms with E-state index < -0.39 is 10.0 Å². The highest BCUT2D eigenvalue weighted by Gasteiger charge is 2.29. The third-order valence-corrected chi connectivity index (χ3v) is 7.40. The molecule has 1 aliphatic heterocycles. The van der Waals surface area contributed by atoms with Gasteiger partial charge in [0, 0.05) is 37.1 Å². The maximum absolute atomic E-state index is 12.8. The van der Waals surface area contributed by atoms with E-state index in [1.165, 1.54) is 0 Å². The fourth-order valence-electron chi connectivity index (χ4n) is 3.84. The van der Waals surface area contributed by atoms with Crippen LogP contribution in [0.4, 0.5) is 0 Å². The van der Waals surface area contributed by atoms with Gasteiger partial charge in [-0.25, -0.2) is 13.4 Å². The van der Waals surface area contributed by atoms with Crippen molar-refractivity contribution in [1.29, 1.82) is 0 Å². The van der Waals surface area contributed by atoms with Crippen LogP contribution in [0.5, 0.6) is 0 Å². The lowest BCUT2D eigenvalue weighted by molar-refractivity contribution is 0.252. The van der Waals surface area contributed by atoms with E-state index in [1.54, 1.807) is 28.6 Å². The summed E-state index contributed by atoms with van der Waals surface area (Å²) in [6, 6.07) is 18.9. The lowest BCUT2D eigenvalue weighted by Gasteiger charge is -2.32. The van der Waals surface area contributed by atoms with Gasteiger partial charge in [-0.1, -0.05) is 48.5 Å². The Morgan fingerprint density at radius 3 is 2.21 bits per heavy atom. The zero-order valence-corrected chi connectivity index (χ0v) is 16.8. The molecular formula is C22H25N3O2S. The molecule has 3 aromatic rings. The molecule has 1 fully saturated rings. The maximum Gasteiger partial charge on any atom is 0.243 e. The Labute approximate surface area is 166 Å². The molecule has 0 aliphatic carbocycles. The standard InChI is InChI=1S/C22H25N3O2S/c1-18-16-23-22(20-8-4-2-5-9-20)25(18)17-19-12-14-24(15-13-19)28(26,27)21-10-6-3-7-11-21/h2-11,16,19H,12-15,17H2,1H3. The van der Waals surface area contributed by atoms with Crippen LogP contribution in [0.1, 0.15) is 18.5 Å². The van der Waals surface area contributed by atoms with E-state index >= 15 is 0 Å². The molecule has 0 spiro atoms. The Morgan fingerprint density at radius 1 is 0.964 bits per heavy atom. The number of hydrogen-bond donors (Lipinski definition) is 0. The predicted molar refractivity (Wildman–Crippen MR) is 110 cm³/mol. The molecule has 0 atom stereocenters. The number of aryl methyl sites for hydroxylation is 1. The van der Waals surface area contributed by atoms with Gasteiger partial charge in [-0.15, -0.1) is 0 Å². The summed E-state index contributed by atoms with van der Waals surface area (Å²) in [5.74, 6) is 1.43. The van der Waals surface area contributed by atoms with Crippen LogP contribution in [0.2, 0.25) is 0 Å². The third kappa shape index (κ3) is 3.75. The summed E-state index contributed by atoms with van der Waals surface area (Å²) in [5, 5.41) is 0. The maximum atomic E-state index is 12.8. The lowest BCUT2D eigenvalue weighted by atomic mass is 9.98. The summed E-state index contributed by atoms with van der Waals surface area (Å²) >= 11 is 0. The van der Waals surface area contributed by atoms with E-state index in [9.17, 15) is 8.42 Å². The van der Waals surface area contributed by atoms with Crippen molar-refractivity contribution >= 4 is 10.0 Å². The Morgan fingerprint density at radius 2 is 1.57 bits per heavy atom. The van der Waals surface area contributed by atoms with E-state index in [1.807, 2.05) is 30.5 Å². The van der Waals surface area contributed by atoms with Gasteiger partial charge in [0.15, 0.2) is 0 Å². The second-order valence-corrected chi connectivity index (χ2v) is 9.30. The molecule has 28 heavy (non-hydrogen) atoms. The monoisotopic (exact) mass is 395 g/mol. The number of rotatable bonds is 5. The Balaban J connectivity index is 1.45.